The number of halogens is 3. The molecule has 7 nitrogen and oxygen atoms in total. The van der Waals surface area contributed by atoms with Crippen molar-refractivity contribution in [3.8, 4) is 0 Å². The van der Waals surface area contributed by atoms with Crippen molar-refractivity contribution in [3.63, 3.8) is 0 Å². The van der Waals surface area contributed by atoms with E-state index in [0.29, 0.717) is 5.75 Å². The van der Waals surface area contributed by atoms with Crippen LogP contribution in [0.15, 0.2) is 6.33 Å². The molecule has 0 fully saturated rings. The van der Waals surface area contributed by atoms with Crippen molar-refractivity contribution in [2.24, 2.45) is 14.1 Å². The molecule has 1 rings (SSSR count). The molecular weight excluding hydrogens is 323 g/mol. The van der Waals surface area contributed by atoms with Gasteiger partial charge in [-0.15, -0.1) is 4.68 Å². The number of nitrogens with zero attached hydrogens (tertiary/aromatic N) is 3. The third kappa shape index (κ3) is 6.34. The van der Waals surface area contributed by atoms with Gasteiger partial charge in [0.15, 0.2) is 15.2 Å². The Hall–Kier alpha value is -1.14. The molecule has 0 aromatic carbocycles. The molecule has 0 saturated heterocycles. The molecule has 12 heteroatoms. The normalized spacial score (nSPS) is 11.8. The van der Waals surface area contributed by atoms with Crippen LogP contribution in [0.3, 0.4) is 0 Å². The SMILES string of the molecule is CC(=O)SCc1n(C)nc[n+]1C.O=S(=O)([O-])C(F)(F)F. The van der Waals surface area contributed by atoms with Crippen LogP contribution in [0.2, 0.25) is 0 Å². The summed E-state index contributed by atoms with van der Waals surface area (Å²) in [6.07, 6.45) is 1.73. The van der Waals surface area contributed by atoms with Gasteiger partial charge in [0, 0.05) is 12.0 Å². The van der Waals surface area contributed by atoms with E-state index in [4.69, 9.17) is 13.0 Å². The van der Waals surface area contributed by atoms with Gasteiger partial charge in [0.25, 0.3) is 6.33 Å². The van der Waals surface area contributed by atoms with Gasteiger partial charge in [-0.05, 0) is 0 Å². The number of aryl methyl sites for hydroxylation is 2. The Balaban J connectivity index is 0.000000396. The van der Waals surface area contributed by atoms with E-state index in [1.54, 1.807) is 17.9 Å². The van der Waals surface area contributed by atoms with Crippen LogP contribution >= 0.6 is 11.8 Å². The van der Waals surface area contributed by atoms with Gasteiger partial charge in [-0.2, -0.15) is 13.2 Å². The molecule has 0 unspecified atom stereocenters. The standard InChI is InChI=1S/C7H12N3OS.CHF3O3S/c1-6(11)12-4-7-9(2)5-8-10(7)3;2-1(3,4)8(5,6)7/h5H,4H2,1-3H3;(H,5,6,7)/q+1;/p-1. The van der Waals surface area contributed by atoms with Gasteiger partial charge in [-0.3, -0.25) is 4.79 Å². The van der Waals surface area contributed by atoms with E-state index in [2.05, 4.69) is 5.10 Å². The smallest absolute Gasteiger partial charge is 0.485 e. The summed E-state index contributed by atoms with van der Waals surface area (Å²) in [4.78, 5) is 10.7. The Morgan fingerprint density at radius 2 is 2.00 bits per heavy atom. The first-order valence-electron chi connectivity index (χ1n) is 4.88. The summed E-state index contributed by atoms with van der Waals surface area (Å²) in [5.41, 5.74) is -5.65. The van der Waals surface area contributed by atoms with Crippen LogP contribution in [0.5, 0.6) is 0 Å². The van der Waals surface area contributed by atoms with Gasteiger partial charge < -0.3 is 4.55 Å². The second-order valence-corrected chi connectivity index (χ2v) is 5.99. The highest BCUT2D eigenvalue weighted by molar-refractivity contribution is 8.12. The van der Waals surface area contributed by atoms with Gasteiger partial charge in [0.2, 0.25) is 5.82 Å². The molecule has 0 bridgehead atoms. The third-order valence-electron chi connectivity index (χ3n) is 1.87. The highest BCUT2D eigenvalue weighted by atomic mass is 32.2. The number of rotatable bonds is 2. The van der Waals surface area contributed by atoms with Gasteiger partial charge in [0.05, 0.1) is 19.8 Å². The molecule has 0 N–H and O–H groups in total. The molecule has 0 saturated carbocycles. The molecule has 0 spiro atoms. The van der Waals surface area contributed by atoms with E-state index in [-0.39, 0.29) is 5.12 Å². The molecule has 0 amide bonds. The molecule has 0 radical (unpaired) electrons. The Bertz CT molecular complexity index is 549. The van der Waals surface area contributed by atoms with E-state index in [9.17, 15) is 18.0 Å². The first-order chi connectivity index (χ1) is 8.86. The number of alkyl halides is 3. The summed E-state index contributed by atoms with van der Waals surface area (Å²) in [5, 5.41) is 4.18. The van der Waals surface area contributed by atoms with Crippen LogP contribution in [0, 0.1) is 0 Å². The van der Waals surface area contributed by atoms with Gasteiger partial charge in [0.1, 0.15) is 0 Å². The number of hydrogen-bond acceptors (Lipinski definition) is 6. The Kier molecular flexibility index (Phi) is 6.64. The number of thioether (sulfide) groups is 1. The quantitative estimate of drug-likeness (QED) is 0.431. The number of aromatic nitrogens is 3. The zero-order valence-electron chi connectivity index (χ0n) is 10.7. The van der Waals surface area contributed by atoms with Crippen LogP contribution in [-0.2, 0) is 34.8 Å². The molecule has 1 aromatic rings. The largest absolute Gasteiger partial charge is 0.741 e. The minimum Gasteiger partial charge on any atom is -0.741 e. The minimum absolute atomic E-state index is 0.135. The summed E-state index contributed by atoms with van der Waals surface area (Å²) in [5.74, 6) is 1.72. The number of carbonyl (C=O) groups excluding carboxylic acids is 1. The summed E-state index contributed by atoms with van der Waals surface area (Å²) >= 11 is 1.30. The first-order valence-corrected chi connectivity index (χ1v) is 7.27. The highest BCUT2D eigenvalue weighted by Crippen LogP contribution is 2.20. The Morgan fingerprint density at radius 3 is 2.25 bits per heavy atom. The topological polar surface area (TPSA) is 96.0 Å². The average Bonchev–Trinajstić information content (AvgIpc) is 2.54. The third-order valence-corrected chi connectivity index (χ3v) is 3.24. The van der Waals surface area contributed by atoms with Crippen molar-refractivity contribution in [3.05, 3.63) is 12.2 Å². The van der Waals surface area contributed by atoms with Crippen LogP contribution in [0.1, 0.15) is 12.7 Å². The van der Waals surface area contributed by atoms with E-state index < -0.39 is 15.6 Å². The molecular formula is C8H12F3N3O4S2. The monoisotopic (exact) mass is 335 g/mol. The van der Waals surface area contributed by atoms with E-state index in [1.807, 2.05) is 18.7 Å². The molecule has 116 valence electrons. The molecule has 0 aliphatic carbocycles. The zero-order valence-corrected chi connectivity index (χ0v) is 12.3. The molecule has 1 aromatic heterocycles. The van der Waals surface area contributed by atoms with E-state index in [1.165, 1.54) is 11.8 Å². The van der Waals surface area contributed by atoms with E-state index in [0.717, 1.165) is 5.82 Å². The lowest BCUT2D eigenvalue weighted by Crippen LogP contribution is -2.31. The van der Waals surface area contributed by atoms with Crippen molar-refractivity contribution in [2.45, 2.75) is 18.2 Å². The van der Waals surface area contributed by atoms with Gasteiger partial charge in [-0.25, -0.2) is 13.0 Å². The maximum Gasteiger partial charge on any atom is 0.485 e. The van der Waals surface area contributed by atoms with Gasteiger partial charge >= 0.3 is 5.51 Å². The summed E-state index contributed by atoms with van der Waals surface area (Å²) in [7, 11) is -2.30. The first kappa shape index (κ1) is 18.9. The number of carbonyl (C=O) groups is 1. The van der Waals surface area contributed by atoms with Crippen molar-refractivity contribution >= 4 is 27.0 Å². The lowest BCUT2D eigenvalue weighted by molar-refractivity contribution is -0.678. The van der Waals surface area contributed by atoms with Crippen LogP contribution < -0.4 is 4.57 Å². The molecule has 1 heterocycles. The van der Waals surface area contributed by atoms with Crippen molar-refractivity contribution in [1.29, 1.82) is 0 Å². The van der Waals surface area contributed by atoms with Crippen molar-refractivity contribution in [2.75, 3.05) is 0 Å². The maximum absolute atomic E-state index is 10.7. The fraction of sp³-hybridized carbons (Fsp3) is 0.625. The molecule has 20 heavy (non-hydrogen) atoms. The zero-order chi connectivity index (χ0) is 16.1. The molecule has 0 aliphatic heterocycles. The lowest BCUT2D eigenvalue weighted by atomic mass is 10.7. The molecule has 0 aliphatic rings. The summed E-state index contributed by atoms with van der Waals surface area (Å²) < 4.78 is 62.6. The van der Waals surface area contributed by atoms with Crippen LogP contribution in [0.4, 0.5) is 13.2 Å². The maximum atomic E-state index is 10.7. The number of hydrogen-bond donors (Lipinski definition) is 0. The second kappa shape index (κ2) is 7.04. The summed E-state index contributed by atoms with van der Waals surface area (Å²) in [6.45, 7) is 1.57. The van der Waals surface area contributed by atoms with Crippen molar-refractivity contribution in [1.82, 2.24) is 9.78 Å². The Labute approximate surface area is 117 Å². The fourth-order valence-electron chi connectivity index (χ4n) is 0.878. The van der Waals surface area contributed by atoms with Crippen LogP contribution in [-0.4, -0.2) is 33.4 Å². The van der Waals surface area contributed by atoms with Crippen LogP contribution in [0.25, 0.3) is 0 Å². The second-order valence-electron chi connectivity index (χ2n) is 3.46. The predicted molar refractivity (Wildman–Crippen MR) is 62.1 cm³/mol. The highest BCUT2D eigenvalue weighted by Gasteiger charge is 2.36. The fourth-order valence-corrected chi connectivity index (χ4v) is 1.60. The van der Waals surface area contributed by atoms with Gasteiger partial charge in [-0.1, -0.05) is 11.8 Å². The minimum atomic E-state index is -6.09. The summed E-state index contributed by atoms with van der Waals surface area (Å²) in [6, 6.07) is 0. The van der Waals surface area contributed by atoms with E-state index >= 15 is 0 Å². The molecule has 0 atom stereocenters. The lowest BCUT2D eigenvalue weighted by Gasteiger charge is -2.08. The average molecular weight is 335 g/mol. The predicted octanol–water partition coefficient (Wildman–Crippen LogP) is 0.0757. The van der Waals surface area contributed by atoms with Crippen molar-refractivity contribution < 1.29 is 35.5 Å². The Morgan fingerprint density at radius 1 is 1.55 bits per heavy atom.